The number of fused-ring (bicyclic) bond motifs is 3. The van der Waals surface area contributed by atoms with Gasteiger partial charge in [-0.2, -0.15) is 0 Å². The van der Waals surface area contributed by atoms with Gasteiger partial charge in [0.05, 0.1) is 6.10 Å². The van der Waals surface area contributed by atoms with Gasteiger partial charge in [-0.1, -0.05) is 26.8 Å². The normalized spacial score (nSPS) is 44.7. The Morgan fingerprint density at radius 2 is 1.81 bits per heavy atom. The summed E-state index contributed by atoms with van der Waals surface area (Å²) in [5.41, 5.74) is 0. The molecule has 3 aliphatic carbocycles. The van der Waals surface area contributed by atoms with Crippen LogP contribution in [0.3, 0.4) is 0 Å². The molecule has 0 amide bonds. The van der Waals surface area contributed by atoms with Crippen molar-refractivity contribution < 1.29 is 5.11 Å². The molecule has 0 spiro atoms. The maximum atomic E-state index is 10.1. The van der Waals surface area contributed by atoms with E-state index in [0.29, 0.717) is 5.92 Å². The van der Waals surface area contributed by atoms with Crippen LogP contribution in [0.4, 0.5) is 0 Å². The third kappa shape index (κ3) is 1.95. The molecule has 0 heterocycles. The first-order chi connectivity index (χ1) is 7.54. The summed E-state index contributed by atoms with van der Waals surface area (Å²) in [6.07, 6.45) is 5.41. The summed E-state index contributed by atoms with van der Waals surface area (Å²) < 4.78 is 0. The summed E-state index contributed by atoms with van der Waals surface area (Å²) in [5.74, 6) is 4.52. The Kier molecular flexibility index (Phi) is 3.44. The van der Waals surface area contributed by atoms with Crippen molar-refractivity contribution in [2.24, 2.45) is 35.5 Å². The topological polar surface area (TPSA) is 20.2 Å². The van der Waals surface area contributed by atoms with Crippen molar-refractivity contribution >= 4 is 0 Å². The molecule has 3 fully saturated rings. The van der Waals surface area contributed by atoms with Crippen molar-refractivity contribution in [1.29, 1.82) is 0 Å². The quantitative estimate of drug-likeness (QED) is 0.725. The number of rotatable bonds is 3. The molecule has 0 radical (unpaired) electrons. The first-order valence-corrected chi connectivity index (χ1v) is 6.85. The van der Waals surface area contributed by atoms with Crippen molar-refractivity contribution in [2.75, 3.05) is 0 Å². The zero-order chi connectivity index (χ0) is 11.9. The molecule has 0 aliphatic heterocycles. The molecule has 1 heteroatoms. The van der Waals surface area contributed by atoms with E-state index in [2.05, 4.69) is 27.4 Å². The van der Waals surface area contributed by atoms with Crippen LogP contribution in [0.5, 0.6) is 0 Å². The van der Waals surface area contributed by atoms with Gasteiger partial charge in [0.1, 0.15) is 0 Å². The van der Waals surface area contributed by atoms with E-state index in [-0.39, 0.29) is 6.10 Å². The van der Waals surface area contributed by atoms with Crippen LogP contribution in [-0.2, 0) is 0 Å². The lowest BCUT2D eigenvalue weighted by molar-refractivity contribution is -0.0611. The van der Waals surface area contributed by atoms with Crippen LogP contribution < -0.4 is 0 Å². The highest BCUT2D eigenvalue weighted by Crippen LogP contribution is 2.54. The molecule has 6 unspecified atom stereocenters. The van der Waals surface area contributed by atoms with Crippen LogP contribution >= 0.6 is 0 Å². The minimum atomic E-state index is -0.276. The number of aliphatic hydroxyl groups excluding tert-OH is 1. The minimum absolute atomic E-state index is 0.276. The Hall–Kier alpha value is -0.300. The average Bonchev–Trinajstić information content (AvgIpc) is 2.27. The van der Waals surface area contributed by atoms with E-state index in [9.17, 15) is 5.11 Å². The standard InChI is InChI=1S/C15H26O/c1-5-15(16)14-8-11-7-12(9(2)3)13(14)6-10(11)4/h5,9-16H,1,6-8H2,2-4H3. The van der Waals surface area contributed by atoms with Gasteiger partial charge in [-0.25, -0.2) is 0 Å². The van der Waals surface area contributed by atoms with Crippen molar-refractivity contribution in [3.8, 4) is 0 Å². The smallest absolute Gasteiger partial charge is 0.0749 e. The Labute approximate surface area is 99.9 Å². The summed E-state index contributed by atoms with van der Waals surface area (Å²) in [5, 5.41) is 10.1. The molecule has 1 nitrogen and oxygen atoms in total. The molecule has 0 saturated heterocycles. The fourth-order valence-corrected chi connectivity index (χ4v) is 4.23. The predicted octanol–water partition coefficient (Wildman–Crippen LogP) is 3.49. The van der Waals surface area contributed by atoms with E-state index < -0.39 is 0 Å². The molecule has 0 aromatic rings. The van der Waals surface area contributed by atoms with Crippen LogP contribution in [0.15, 0.2) is 12.7 Å². The minimum Gasteiger partial charge on any atom is -0.389 e. The summed E-state index contributed by atoms with van der Waals surface area (Å²) in [4.78, 5) is 0. The van der Waals surface area contributed by atoms with Gasteiger partial charge >= 0.3 is 0 Å². The Balaban J connectivity index is 2.17. The van der Waals surface area contributed by atoms with Gasteiger partial charge < -0.3 is 5.11 Å². The molecule has 3 rings (SSSR count). The third-order valence-corrected chi connectivity index (χ3v) is 5.23. The molecular weight excluding hydrogens is 196 g/mol. The Morgan fingerprint density at radius 3 is 2.31 bits per heavy atom. The lowest BCUT2D eigenvalue weighted by atomic mass is 9.53. The number of hydrogen-bond donors (Lipinski definition) is 1. The Morgan fingerprint density at radius 1 is 1.19 bits per heavy atom. The summed E-state index contributed by atoms with van der Waals surface area (Å²) >= 11 is 0. The SMILES string of the molecule is C=CC(O)C1CC2CC(C(C)C)C1CC2C. The van der Waals surface area contributed by atoms with Crippen molar-refractivity contribution in [3.05, 3.63) is 12.7 Å². The molecule has 1 N–H and O–H groups in total. The van der Waals surface area contributed by atoms with E-state index >= 15 is 0 Å². The Bertz CT molecular complexity index is 258. The zero-order valence-electron chi connectivity index (χ0n) is 10.9. The number of hydrogen-bond acceptors (Lipinski definition) is 1. The van der Waals surface area contributed by atoms with Crippen LogP contribution in [0.2, 0.25) is 0 Å². The molecule has 16 heavy (non-hydrogen) atoms. The highest BCUT2D eigenvalue weighted by Gasteiger charge is 2.47. The van der Waals surface area contributed by atoms with E-state index in [1.54, 1.807) is 6.08 Å². The fraction of sp³-hybridized carbons (Fsp3) is 0.867. The summed E-state index contributed by atoms with van der Waals surface area (Å²) in [6, 6.07) is 0. The van der Waals surface area contributed by atoms with Crippen LogP contribution in [0.25, 0.3) is 0 Å². The van der Waals surface area contributed by atoms with E-state index in [4.69, 9.17) is 0 Å². The second-order valence-corrected chi connectivity index (χ2v) is 6.41. The second-order valence-electron chi connectivity index (χ2n) is 6.41. The van der Waals surface area contributed by atoms with Gasteiger partial charge in [0, 0.05) is 0 Å². The molecule has 3 aliphatic rings. The van der Waals surface area contributed by atoms with Crippen molar-refractivity contribution in [1.82, 2.24) is 0 Å². The molecule has 92 valence electrons. The molecular formula is C15H26O. The molecule has 3 saturated carbocycles. The maximum absolute atomic E-state index is 10.1. The molecule has 0 aromatic heterocycles. The van der Waals surface area contributed by atoms with E-state index in [1.165, 1.54) is 19.3 Å². The van der Waals surface area contributed by atoms with Gasteiger partial charge in [-0.05, 0) is 54.8 Å². The summed E-state index contributed by atoms with van der Waals surface area (Å²) in [7, 11) is 0. The van der Waals surface area contributed by atoms with Gasteiger partial charge in [0.2, 0.25) is 0 Å². The first kappa shape index (κ1) is 12.2. The lowest BCUT2D eigenvalue weighted by Crippen LogP contribution is -2.47. The van der Waals surface area contributed by atoms with Gasteiger partial charge in [-0.15, -0.1) is 6.58 Å². The molecule has 0 aromatic carbocycles. The zero-order valence-corrected chi connectivity index (χ0v) is 10.9. The maximum Gasteiger partial charge on any atom is 0.0749 e. The first-order valence-electron chi connectivity index (χ1n) is 6.85. The van der Waals surface area contributed by atoms with Crippen LogP contribution in [0.1, 0.15) is 40.0 Å². The van der Waals surface area contributed by atoms with Gasteiger partial charge in [0.25, 0.3) is 0 Å². The summed E-state index contributed by atoms with van der Waals surface area (Å²) in [6.45, 7) is 10.8. The monoisotopic (exact) mass is 222 g/mol. The second kappa shape index (κ2) is 4.52. The molecule has 2 bridgehead atoms. The third-order valence-electron chi connectivity index (χ3n) is 5.23. The fourth-order valence-electron chi connectivity index (χ4n) is 4.23. The van der Waals surface area contributed by atoms with E-state index in [0.717, 1.165) is 29.6 Å². The van der Waals surface area contributed by atoms with Crippen molar-refractivity contribution in [2.45, 2.75) is 46.1 Å². The molecule has 6 atom stereocenters. The highest BCUT2D eigenvalue weighted by molar-refractivity contribution is 5.00. The van der Waals surface area contributed by atoms with E-state index in [1.807, 2.05) is 0 Å². The predicted molar refractivity (Wildman–Crippen MR) is 68.0 cm³/mol. The van der Waals surface area contributed by atoms with Gasteiger partial charge in [0.15, 0.2) is 0 Å². The largest absolute Gasteiger partial charge is 0.389 e. The van der Waals surface area contributed by atoms with Crippen molar-refractivity contribution in [3.63, 3.8) is 0 Å². The van der Waals surface area contributed by atoms with Gasteiger partial charge in [-0.3, -0.25) is 0 Å². The number of aliphatic hydroxyl groups is 1. The van der Waals surface area contributed by atoms with Crippen LogP contribution in [0, 0.1) is 35.5 Å². The van der Waals surface area contributed by atoms with Crippen LogP contribution in [-0.4, -0.2) is 11.2 Å². The lowest BCUT2D eigenvalue weighted by Gasteiger charge is -2.53. The average molecular weight is 222 g/mol. The highest BCUT2D eigenvalue weighted by atomic mass is 16.3.